The number of hydrogen-bond acceptors (Lipinski definition) is 4. The topological polar surface area (TPSA) is 87.0 Å². The number of aromatic amines is 1. The Morgan fingerprint density at radius 3 is 2.82 bits per heavy atom. The predicted octanol–water partition coefficient (Wildman–Crippen LogP) is 2.18. The van der Waals surface area contributed by atoms with Crippen LogP contribution in [0.3, 0.4) is 0 Å². The number of aliphatic hydroxyl groups is 1. The van der Waals surface area contributed by atoms with Crippen molar-refractivity contribution in [1.29, 1.82) is 0 Å². The van der Waals surface area contributed by atoms with Crippen LogP contribution in [0.1, 0.15) is 19.0 Å². The van der Waals surface area contributed by atoms with Crippen molar-refractivity contribution in [2.24, 2.45) is 5.92 Å². The quantitative estimate of drug-likeness (QED) is 0.590. The van der Waals surface area contributed by atoms with E-state index >= 15 is 0 Å². The minimum absolute atomic E-state index is 0.0194. The first-order chi connectivity index (χ1) is 10.3. The van der Waals surface area contributed by atoms with Gasteiger partial charge in [-0.05, 0) is 18.1 Å². The first-order valence-corrected chi connectivity index (χ1v) is 6.88. The lowest BCUT2D eigenvalue weighted by atomic mass is 10.00. The maximum Gasteiger partial charge on any atom is 0.280 e. The summed E-state index contributed by atoms with van der Waals surface area (Å²) in [5, 5.41) is 13.2. The molecule has 0 aliphatic carbocycles. The summed E-state index contributed by atoms with van der Waals surface area (Å²) in [5.41, 5.74) is 4.44. The van der Waals surface area contributed by atoms with Crippen molar-refractivity contribution in [3.05, 3.63) is 24.0 Å². The van der Waals surface area contributed by atoms with Crippen LogP contribution in [0.15, 0.2) is 18.3 Å². The molecule has 0 aliphatic rings. The summed E-state index contributed by atoms with van der Waals surface area (Å²) in [6.45, 7) is 0.675. The van der Waals surface area contributed by atoms with Crippen molar-refractivity contribution >= 4 is 16.7 Å². The average Bonchev–Trinajstić information content (AvgIpc) is 2.86. The Kier molecular flexibility index (Phi) is 4.92. The van der Waals surface area contributed by atoms with E-state index in [0.29, 0.717) is 17.0 Å². The Morgan fingerprint density at radius 2 is 2.18 bits per heavy atom. The molecule has 122 valence electrons. The molecular weight excluding hydrogens is 297 g/mol. The summed E-state index contributed by atoms with van der Waals surface area (Å²) in [6.07, 6.45) is -1.86. The summed E-state index contributed by atoms with van der Waals surface area (Å²) >= 11 is 0. The van der Waals surface area contributed by atoms with Crippen LogP contribution in [0.5, 0.6) is 0 Å². The third-order valence-electron chi connectivity index (χ3n) is 3.45. The van der Waals surface area contributed by atoms with E-state index in [4.69, 9.17) is 5.73 Å². The standard InChI is InChI=1S/C14H19F3N4O/c1-8(5-15)4-14(22,13(16)17)20-6-10-2-9-3-12(18)19-7-11(9)21-10/h2-3,7-8,13,20-22H,4-6H2,1H3,(H2,18,19). The van der Waals surface area contributed by atoms with E-state index in [1.165, 1.54) is 6.92 Å². The first kappa shape index (κ1) is 16.6. The van der Waals surface area contributed by atoms with Gasteiger partial charge in [0.2, 0.25) is 0 Å². The Morgan fingerprint density at radius 1 is 1.45 bits per heavy atom. The monoisotopic (exact) mass is 316 g/mol. The van der Waals surface area contributed by atoms with Crippen molar-refractivity contribution in [2.75, 3.05) is 12.4 Å². The van der Waals surface area contributed by atoms with Crippen molar-refractivity contribution in [3.63, 3.8) is 0 Å². The van der Waals surface area contributed by atoms with Crippen LogP contribution in [0, 0.1) is 5.92 Å². The van der Waals surface area contributed by atoms with Crippen molar-refractivity contribution in [1.82, 2.24) is 15.3 Å². The zero-order chi connectivity index (χ0) is 16.3. The summed E-state index contributed by atoms with van der Waals surface area (Å²) in [7, 11) is 0. The lowest BCUT2D eigenvalue weighted by Gasteiger charge is -2.30. The molecule has 2 aromatic rings. The molecule has 0 fully saturated rings. The van der Waals surface area contributed by atoms with Gasteiger partial charge in [-0.15, -0.1) is 0 Å². The molecule has 0 aliphatic heterocycles. The molecule has 5 nitrogen and oxygen atoms in total. The van der Waals surface area contributed by atoms with Crippen molar-refractivity contribution < 1.29 is 18.3 Å². The molecule has 2 rings (SSSR count). The van der Waals surface area contributed by atoms with Gasteiger partial charge in [0.25, 0.3) is 6.43 Å². The summed E-state index contributed by atoms with van der Waals surface area (Å²) in [5.74, 6) is -0.315. The minimum Gasteiger partial charge on any atom is -0.384 e. The van der Waals surface area contributed by atoms with Gasteiger partial charge >= 0.3 is 0 Å². The number of nitrogens with zero attached hydrogens (tertiary/aromatic N) is 1. The van der Waals surface area contributed by atoms with E-state index in [1.807, 2.05) is 0 Å². The van der Waals surface area contributed by atoms with E-state index in [0.717, 1.165) is 5.39 Å². The largest absolute Gasteiger partial charge is 0.384 e. The molecule has 2 heterocycles. The van der Waals surface area contributed by atoms with Crippen LogP contribution in [0.4, 0.5) is 19.0 Å². The maximum atomic E-state index is 13.1. The number of H-pyrrole nitrogens is 1. The number of nitrogens with two attached hydrogens (primary N) is 1. The number of nitrogens with one attached hydrogen (secondary N) is 2. The van der Waals surface area contributed by atoms with Gasteiger partial charge in [-0.25, -0.2) is 13.8 Å². The van der Waals surface area contributed by atoms with E-state index in [9.17, 15) is 18.3 Å². The molecular formula is C14H19F3N4O. The fourth-order valence-corrected chi connectivity index (χ4v) is 2.28. The second kappa shape index (κ2) is 6.53. The second-order valence-corrected chi connectivity index (χ2v) is 5.53. The highest BCUT2D eigenvalue weighted by Gasteiger charge is 2.38. The lowest BCUT2D eigenvalue weighted by Crippen LogP contribution is -2.52. The molecule has 2 unspecified atom stereocenters. The molecule has 2 aromatic heterocycles. The van der Waals surface area contributed by atoms with Crippen LogP contribution in [0.25, 0.3) is 10.9 Å². The lowest BCUT2D eigenvalue weighted by molar-refractivity contribution is -0.132. The average molecular weight is 316 g/mol. The molecule has 2 atom stereocenters. The second-order valence-electron chi connectivity index (χ2n) is 5.53. The smallest absolute Gasteiger partial charge is 0.280 e. The minimum atomic E-state index is -3.02. The van der Waals surface area contributed by atoms with Gasteiger partial charge in [0, 0.05) is 24.0 Å². The molecule has 0 amide bonds. The fraction of sp³-hybridized carbons (Fsp3) is 0.500. The van der Waals surface area contributed by atoms with Gasteiger partial charge in [-0.2, -0.15) is 0 Å². The zero-order valence-corrected chi connectivity index (χ0v) is 12.1. The third kappa shape index (κ3) is 3.69. The number of hydrogen-bond donors (Lipinski definition) is 4. The van der Waals surface area contributed by atoms with Crippen LogP contribution >= 0.6 is 0 Å². The number of pyridine rings is 1. The molecule has 8 heteroatoms. The molecule has 5 N–H and O–H groups in total. The van der Waals surface area contributed by atoms with Crippen molar-refractivity contribution in [3.8, 4) is 0 Å². The molecule has 22 heavy (non-hydrogen) atoms. The fourth-order valence-electron chi connectivity index (χ4n) is 2.28. The van der Waals surface area contributed by atoms with E-state index in [-0.39, 0.29) is 13.0 Å². The number of nitrogen functional groups attached to an aromatic ring is 1. The van der Waals surface area contributed by atoms with E-state index in [1.54, 1.807) is 18.3 Å². The number of aromatic nitrogens is 2. The number of fused-ring (bicyclic) bond motifs is 1. The molecule has 0 saturated heterocycles. The molecule has 0 bridgehead atoms. The number of anilines is 1. The highest BCUT2D eigenvalue weighted by Crippen LogP contribution is 2.23. The van der Waals surface area contributed by atoms with Gasteiger partial charge in [0.15, 0.2) is 5.72 Å². The highest BCUT2D eigenvalue weighted by atomic mass is 19.3. The maximum absolute atomic E-state index is 13.1. The normalized spacial score (nSPS) is 16.1. The summed E-state index contributed by atoms with van der Waals surface area (Å²) < 4.78 is 38.6. The van der Waals surface area contributed by atoms with Crippen LogP contribution < -0.4 is 11.1 Å². The van der Waals surface area contributed by atoms with Gasteiger partial charge in [0.05, 0.1) is 18.4 Å². The van der Waals surface area contributed by atoms with Gasteiger partial charge in [0.1, 0.15) is 5.82 Å². The number of rotatable bonds is 7. The van der Waals surface area contributed by atoms with E-state index < -0.39 is 24.7 Å². The number of alkyl halides is 3. The van der Waals surface area contributed by atoms with Gasteiger partial charge in [-0.3, -0.25) is 9.71 Å². The number of halogens is 3. The highest BCUT2D eigenvalue weighted by molar-refractivity contribution is 5.81. The SMILES string of the molecule is CC(CF)CC(O)(NCc1cc2cc(N)ncc2[nH]1)C(F)F. The van der Waals surface area contributed by atoms with Crippen molar-refractivity contribution in [2.45, 2.75) is 32.0 Å². The summed E-state index contributed by atoms with van der Waals surface area (Å²) in [6, 6.07) is 3.38. The Labute approximate surface area is 125 Å². The Bertz CT molecular complexity index is 634. The zero-order valence-electron chi connectivity index (χ0n) is 12.1. The molecule has 0 saturated carbocycles. The van der Waals surface area contributed by atoms with E-state index in [2.05, 4.69) is 15.3 Å². The molecule has 0 radical (unpaired) electrons. The summed E-state index contributed by atoms with van der Waals surface area (Å²) in [4.78, 5) is 6.91. The first-order valence-electron chi connectivity index (χ1n) is 6.88. The molecule has 0 spiro atoms. The Hall–Kier alpha value is -1.80. The van der Waals surface area contributed by atoms with Gasteiger partial charge in [-0.1, -0.05) is 6.92 Å². The third-order valence-corrected chi connectivity index (χ3v) is 3.45. The van der Waals surface area contributed by atoms with Crippen LogP contribution in [-0.2, 0) is 6.54 Å². The predicted molar refractivity (Wildman–Crippen MR) is 78.1 cm³/mol. The molecule has 0 aromatic carbocycles. The van der Waals surface area contributed by atoms with Crippen LogP contribution in [0.2, 0.25) is 0 Å². The van der Waals surface area contributed by atoms with Crippen LogP contribution in [-0.4, -0.2) is 33.9 Å². The Balaban J connectivity index is 2.10. The van der Waals surface area contributed by atoms with Gasteiger partial charge < -0.3 is 15.8 Å².